The third-order valence-corrected chi connectivity index (χ3v) is 4.48. The maximum Gasteiger partial charge on any atom is 0.318 e. The van der Waals surface area contributed by atoms with Gasteiger partial charge in [0.2, 0.25) is 5.91 Å². The highest BCUT2D eigenvalue weighted by atomic mass is 16.2. The molecule has 1 fully saturated rings. The van der Waals surface area contributed by atoms with Gasteiger partial charge in [-0.2, -0.15) is 0 Å². The third kappa shape index (κ3) is 6.15. The van der Waals surface area contributed by atoms with Crippen LogP contribution in [0.5, 0.6) is 0 Å². The SMILES string of the molecule is CC(C)N(Cc1cc(NC(=O)C2CC2)ccc1N(C)C)C(=O)NC(C)(C)C. The minimum atomic E-state index is -0.297. The lowest BCUT2D eigenvalue weighted by Crippen LogP contribution is -2.50. The quantitative estimate of drug-likeness (QED) is 0.796. The molecule has 6 nitrogen and oxygen atoms in total. The fraction of sp³-hybridized carbons (Fsp3) is 0.619. The molecule has 1 saturated carbocycles. The van der Waals surface area contributed by atoms with Crippen molar-refractivity contribution >= 4 is 23.3 Å². The van der Waals surface area contributed by atoms with Crippen LogP contribution in [-0.2, 0) is 11.3 Å². The molecule has 0 bridgehead atoms. The average molecular weight is 375 g/mol. The van der Waals surface area contributed by atoms with Gasteiger partial charge in [0.05, 0.1) is 0 Å². The predicted molar refractivity (Wildman–Crippen MR) is 111 cm³/mol. The molecule has 1 aliphatic rings. The molecule has 2 N–H and O–H groups in total. The summed E-state index contributed by atoms with van der Waals surface area (Å²) in [6.45, 7) is 10.4. The van der Waals surface area contributed by atoms with E-state index >= 15 is 0 Å². The summed E-state index contributed by atoms with van der Waals surface area (Å²) in [6, 6.07) is 5.86. The van der Waals surface area contributed by atoms with Crippen LogP contribution in [0.25, 0.3) is 0 Å². The highest BCUT2D eigenvalue weighted by molar-refractivity contribution is 5.94. The normalized spacial score (nSPS) is 14.1. The second-order valence-corrected chi connectivity index (χ2v) is 8.90. The van der Waals surface area contributed by atoms with Gasteiger partial charge in [0, 0.05) is 49.5 Å². The average Bonchev–Trinajstić information content (AvgIpc) is 3.35. The van der Waals surface area contributed by atoms with Gasteiger partial charge in [-0.1, -0.05) is 0 Å². The van der Waals surface area contributed by atoms with E-state index in [1.54, 1.807) is 0 Å². The van der Waals surface area contributed by atoms with E-state index in [0.29, 0.717) is 6.54 Å². The molecule has 2 rings (SSSR count). The van der Waals surface area contributed by atoms with Crippen LogP contribution in [0, 0.1) is 5.92 Å². The first-order valence-electron chi connectivity index (χ1n) is 9.68. The van der Waals surface area contributed by atoms with E-state index in [1.807, 2.05) is 76.7 Å². The summed E-state index contributed by atoms with van der Waals surface area (Å²) in [5.74, 6) is 0.247. The fourth-order valence-corrected chi connectivity index (χ4v) is 2.88. The zero-order chi connectivity index (χ0) is 20.4. The maximum absolute atomic E-state index is 12.8. The van der Waals surface area contributed by atoms with Crippen LogP contribution in [0.1, 0.15) is 53.0 Å². The van der Waals surface area contributed by atoms with Gasteiger partial charge >= 0.3 is 6.03 Å². The number of benzene rings is 1. The van der Waals surface area contributed by atoms with E-state index in [2.05, 4.69) is 10.6 Å². The monoisotopic (exact) mass is 374 g/mol. The second kappa shape index (κ2) is 8.19. The van der Waals surface area contributed by atoms with E-state index in [-0.39, 0.29) is 29.4 Å². The number of nitrogens with zero attached hydrogens (tertiary/aromatic N) is 2. The number of hydrogen-bond acceptors (Lipinski definition) is 3. The standard InChI is InChI=1S/C21H34N4O2/c1-14(2)25(20(27)23-21(3,4)5)13-16-12-17(10-11-18(16)24(6)7)22-19(26)15-8-9-15/h10-12,14-15H,8-9,13H2,1-7H3,(H,22,26)(H,23,27). The van der Waals surface area contributed by atoms with Crippen LogP contribution in [0.4, 0.5) is 16.2 Å². The Morgan fingerprint density at radius 1 is 1.19 bits per heavy atom. The Kier molecular flexibility index (Phi) is 6.39. The lowest BCUT2D eigenvalue weighted by Gasteiger charge is -2.32. The Morgan fingerprint density at radius 3 is 2.30 bits per heavy atom. The number of anilines is 2. The van der Waals surface area contributed by atoms with Crippen molar-refractivity contribution < 1.29 is 9.59 Å². The van der Waals surface area contributed by atoms with Crippen LogP contribution in [0.2, 0.25) is 0 Å². The van der Waals surface area contributed by atoms with Crippen molar-refractivity contribution in [2.24, 2.45) is 5.92 Å². The first-order valence-corrected chi connectivity index (χ1v) is 9.68. The van der Waals surface area contributed by atoms with Crippen molar-refractivity contribution in [1.29, 1.82) is 0 Å². The number of amides is 3. The van der Waals surface area contributed by atoms with E-state index in [9.17, 15) is 9.59 Å². The van der Waals surface area contributed by atoms with Crippen molar-refractivity contribution in [3.8, 4) is 0 Å². The van der Waals surface area contributed by atoms with Gasteiger partial charge in [-0.3, -0.25) is 4.79 Å². The number of nitrogens with one attached hydrogen (secondary N) is 2. The first kappa shape index (κ1) is 21.1. The van der Waals surface area contributed by atoms with Gasteiger partial charge in [-0.05, 0) is 71.2 Å². The van der Waals surface area contributed by atoms with E-state index < -0.39 is 0 Å². The minimum absolute atomic E-state index is 0.0482. The van der Waals surface area contributed by atoms with Crippen LogP contribution in [-0.4, -0.2) is 42.5 Å². The van der Waals surface area contributed by atoms with Crippen molar-refractivity contribution in [2.45, 2.75) is 65.6 Å². The smallest absolute Gasteiger partial charge is 0.318 e. The van der Waals surface area contributed by atoms with E-state index in [1.165, 1.54) is 0 Å². The van der Waals surface area contributed by atoms with Gasteiger partial charge in [0.1, 0.15) is 0 Å². The summed E-state index contributed by atoms with van der Waals surface area (Å²) in [6.07, 6.45) is 1.95. The highest BCUT2D eigenvalue weighted by Gasteiger charge is 2.30. The molecule has 0 unspecified atom stereocenters. The largest absolute Gasteiger partial charge is 0.377 e. The van der Waals surface area contributed by atoms with E-state index in [0.717, 1.165) is 29.8 Å². The molecule has 0 aliphatic heterocycles. The molecule has 150 valence electrons. The van der Waals surface area contributed by atoms with Gasteiger partial charge < -0.3 is 20.4 Å². The Hall–Kier alpha value is -2.24. The number of carbonyl (C=O) groups is 2. The van der Waals surface area contributed by atoms with Crippen molar-refractivity contribution in [3.05, 3.63) is 23.8 Å². The Bertz CT molecular complexity index is 688. The van der Waals surface area contributed by atoms with Crippen LogP contribution >= 0.6 is 0 Å². The maximum atomic E-state index is 12.8. The Labute approximate surface area is 163 Å². The van der Waals surface area contributed by atoms with Crippen molar-refractivity contribution in [1.82, 2.24) is 10.2 Å². The summed E-state index contributed by atoms with van der Waals surface area (Å²) < 4.78 is 0. The van der Waals surface area contributed by atoms with Crippen molar-refractivity contribution in [2.75, 3.05) is 24.3 Å². The molecule has 0 spiro atoms. The fourth-order valence-electron chi connectivity index (χ4n) is 2.88. The second-order valence-electron chi connectivity index (χ2n) is 8.90. The third-order valence-electron chi connectivity index (χ3n) is 4.48. The van der Waals surface area contributed by atoms with Crippen molar-refractivity contribution in [3.63, 3.8) is 0 Å². The Balaban J connectivity index is 2.25. The summed E-state index contributed by atoms with van der Waals surface area (Å²) in [4.78, 5) is 28.7. The summed E-state index contributed by atoms with van der Waals surface area (Å²) in [5, 5.41) is 6.05. The molecule has 3 amide bonds. The molecule has 1 aromatic carbocycles. The zero-order valence-electron chi connectivity index (χ0n) is 17.7. The van der Waals surface area contributed by atoms with Gasteiger partial charge in [0.25, 0.3) is 0 Å². The highest BCUT2D eigenvalue weighted by Crippen LogP contribution is 2.31. The summed E-state index contributed by atoms with van der Waals surface area (Å²) in [7, 11) is 3.96. The molecule has 1 aliphatic carbocycles. The molecule has 6 heteroatoms. The van der Waals surface area contributed by atoms with Crippen LogP contribution in [0.15, 0.2) is 18.2 Å². The molecular weight excluding hydrogens is 340 g/mol. The molecule has 0 heterocycles. The lowest BCUT2D eigenvalue weighted by atomic mass is 10.1. The van der Waals surface area contributed by atoms with Crippen LogP contribution < -0.4 is 15.5 Å². The zero-order valence-corrected chi connectivity index (χ0v) is 17.7. The summed E-state index contributed by atoms with van der Waals surface area (Å²) in [5.41, 5.74) is 2.53. The lowest BCUT2D eigenvalue weighted by molar-refractivity contribution is -0.117. The molecule has 0 saturated heterocycles. The van der Waals surface area contributed by atoms with Gasteiger partial charge in [-0.15, -0.1) is 0 Å². The predicted octanol–water partition coefficient (Wildman–Crippen LogP) is 3.82. The summed E-state index contributed by atoms with van der Waals surface area (Å²) >= 11 is 0. The van der Waals surface area contributed by atoms with Gasteiger partial charge in [0.15, 0.2) is 0 Å². The molecule has 0 radical (unpaired) electrons. The molecular formula is C21H34N4O2. The number of rotatable bonds is 6. The molecule has 27 heavy (non-hydrogen) atoms. The molecule has 0 atom stereocenters. The van der Waals surface area contributed by atoms with E-state index in [4.69, 9.17) is 0 Å². The number of urea groups is 1. The van der Waals surface area contributed by atoms with Gasteiger partial charge in [-0.25, -0.2) is 4.79 Å². The Morgan fingerprint density at radius 2 is 1.81 bits per heavy atom. The number of hydrogen-bond donors (Lipinski definition) is 2. The first-order chi connectivity index (χ1) is 12.5. The molecule has 1 aromatic rings. The topological polar surface area (TPSA) is 64.7 Å². The van der Waals surface area contributed by atoms with Crippen LogP contribution in [0.3, 0.4) is 0 Å². The number of carbonyl (C=O) groups excluding carboxylic acids is 2. The minimum Gasteiger partial charge on any atom is -0.377 e. The molecule has 0 aromatic heterocycles.